The highest BCUT2D eigenvalue weighted by Gasteiger charge is 2.11. The maximum absolute atomic E-state index is 12.8. The Balaban J connectivity index is 1.51. The standard InChI is InChI=1S/C18H16FN3OS2/c1-12-4-2-3-5-15(12)17-21-18(25-22-17)24-11-16(23)20-10-13-6-8-14(19)9-7-13/h2-9H,10-11H2,1H3,(H,20,23). The van der Waals surface area contributed by atoms with Crippen molar-refractivity contribution in [3.63, 3.8) is 0 Å². The molecule has 0 saturated heterocycles. The highest BCUT2D eigenvalue weighted by Crippen LogP contribution is 2.26. The second-order valence-electron chi connectivity index (χ2n) is 5.39. The first-order chi connectivity index (χ1) is 12.1. The van der Waals surface area contributed by atoms with Gasteiger partial charge in [0, 0.05) is 12.1 Å². The van der Waals surface area contributed by atoms with Gasteiger partial charge in [-0.25, -0.2) is 9.37 Å². The highest BCUT2D eigenvalue weighted by atomic mass is 32.2. The minimum Gasteiger partial charge on any atom is -0.351 e. The van der Waals surface area contributed by atoms with Crippen LogP contribution in [0.25, 0.3) is 11.4 Å². The summed E-state index contributed by atoms with van der Waals surface area (Å²) >= 11 is 2.65. The Bertz CT molecular complexity index is 865. The average Bonchev–Trinajstić information content (AvgIpc) is 3.08. The first kappa shape index (κ1) is 17.6. The molecule has 0 spiro atoms. The molecular weight excluding hydrogens is 357 g/mol. The van der Waals surface area contributed by atoms with Crippen LogP contribution < -0.4 is 5.32 Å². The van der Waals surface area contributed by atoms with Crippen molar-refractivity contribution in [3.8, 4) is 11.4 Å². The molecule has 3 aromatic rings. The molecule has 25 heavy (non-hydrogen) atoms. The van der Waals surface area contributed by atoms with Gasteiger partial charge in [-0.3, -0.25) is 4.79 Å². The van der Waals surface area contributed by atoms with E-state index in [2.05, 4.69) is 14.7 Å². The fourth-order valence-electron chi connectivity index (χ4n) is 2.18. The zero-order valence-electron chi connectivity index (χ0n) is 13.5. The predicted octanol–water partition coefficient (Wildman–Crippen LogP) is 4.06. The predicted molar refractivity (Wildman–Crippen MR) is 99.1 cm³/mol. The van der Waals surface area contributed by atoms with Gasteiger partial charge in [0.2, 0.25) is 5.91 Å². The third-order valence-electron chi connectivity index (χ3n) is 3.52. The largest absolute Gasteiger partial charge is 0.351 e. The Kier molecular flexibility index (Phi) is 5.78. The Morgan fingerprint density at radius 3 is 2.72 bits per heavy atom. The van der Waals surface area contributed by atoms with Gasteiger partial charge in [-0.15, -0.1) is 0 Å². The van der Waals surface area contributed by atoms with Gasteiger partial charge >= 0.3 is 0 Å². The molecule has 7 heteroatoms. The lowest BCUT2D eigenvalue weighted by molar-refractivity contribution is -0.118. The molecule has 0 fully saturated rings. The van der Waals surface area contributed by atoms with Gasteiger partial charge < -0.3 is 5.32 Å². The van der Waals surface area contributed by atoms with E-state index in [0.717, 1.165) is 21.0 Å². The van der Waals surface area contributed by atoms with E-state index in [1.807, 2.05) is 31.2 Å². The molecule has 4 nitrogen and oxygen atoms in total. The fourth-order valence-corrected chi connectivity index (χ4v) is 3.62. The van der Waals surface area contributed by atoms with Crippen LogP contribution in [0.5, 0.6) is 0 Å². The summed E-state index contributed by atoms with van der Waals surface area (Å²) in [5.41, 5.74) is 2.98. The fraction of sp³-hybridized carbons (Fsp3) is 0.167. The number of nitrogens with zero attached hydrogens (tertiary/aromatic N) is 2. The van der Waals surface area contributed by atoms with Crippen LogP contribution in [0.4, 0.5) is 4.39 Å². The highest BCUT2D eigenvalue weighted by molar-refractivity contribution is 8.01. The molecule has 128 valence electrons. The third kappa shape index (κ3) is 4.87. The molecule has 0 unspecified atom stereocenters. The average molecular weight is 373 g/mol. The zero-order valence-corrected chi connectivity index (χ0v) is 15.2. The molecule has 0 radical (unpaired) electrons. The Morgan fingerprint density at radius 2 is 1.96 bits per heavy atom. The van der Waals surface area contributed by atoms with Crippen molar-refractivity contribution < 1.29 is 9.18 Å². The molecule has 1 aromatic heterocycles. The summed E-state index contributed by atoms with van der Waals surface area (Å²) in [6, 6.07) is 14.0. The van der Waals surface area contributed by atoms with Gasteiger partial charge in [0.25, 0.3) is 0 Å². The van der Waals surface area contributed by atoms with Crippen LogP contribution in [0.15, 0.2) is 52.9 Å². The molecule has 1 amide bonds. The Hall–Kier alpha value is -2.25. The summed E-state index contributed by atoms with van der Waals surface area (Å²) in [5.74, 6) is 0.578. The smallest absolute Gasteiger partial charge is 0.230 e. The number of aromatic nitrogens is 2. The maximum Gasteiger partial charge on any atom is 0.230 e. The number of carbonyl (C=O) groups is 1. The van der Waals surface area contributed by atoms with Gasteiger partial charge in [0.05, 0.1) is 5.75 Å². The van der Waals surface area contributed by atoms with E-state index < -0.39 is 0 Å². The molecule has 0 bridgehead atoms. The summed E-state index contributed by atoms with van der Waals surface area (Å²) in [4.78, 5) is 16.4. The van der Waals surface area contributed by atoms with Crippen LogP contribution in [0, 0.1) is 12.7 Å². The van der Waals surface area contributed by atoms with Gasteiger partial charge in [0.1, 0.15) is 5.82 Å². The molecule has 0 aliphatic rings. The first-order valence-corrected chi connectivity index (χ1v) is 9.41. The first-order valence-electron chi connectivity index (χ1n) is 7.65. The molecule has 2 aromatic carbocycles. The lowest BCUT2D eigenvalue weighted by Crippen LogP contribution is -2.24. The summed E-state index contributed by atoms with van der Waals surface area (Å²) in [6.07, 6.45) is 0. The van der Waals surface area contributed by atoms with Crippen LogP contribution >= 0.6 is 23.3 Å². The summed E-state index contributed by atoms with van der Waals surface area (Å²) < 4.78 is 18.0. The number of nitrogens with one attached hydrogen (secondary N) is 1. The van der Waals surface area contributed by atoms with Crippen LogP contribution in [0.3, 0.4) is 0 Å². The van der Waals surface area contributed by atoms with E-state index in [-0.39, 0.29) is 17.5 Å². The van der Waals surface area contributed by atoms with Gasteiger partial charge in [0.15, 0.2) is 10.2 Å². The van der Waals surface area contributed by atoms with Crippen molar-refractivity contribution in [1.82, 2.24) is 14.7 Å². The van der Waals surface area contributed by atoms with Crippen molar-refractivity contribution >= 4 is 29.2 Å². The number of hydrogen-bond acceptors (Lipinski definition) is 5. The topological polar surface area (TPSA) is 54.9 Å². The number of amides is 1. The van der Waals surface area contributed by atoms with Crippen molar-refractivity contribution in [2.75, 3.05) is 5.75 Å². The van der Waals surface area contributed by atoms with Crippen molar-refractivity contribution in [2.24, 2.45) is 0 Å². The lowest BCUT2D eigenvalue weighted by atomic mass is 10.1. The molecule has 1 heterocycles. The van der Waals surface area contributed by atoms with E-state index in [9.17, 15) is 9.18 Å². The van der Waals surface area contributed by atoms with Gasteiger partial charge in [-0.1, -0.05) is 48.2 Å². The van der Waals surface area contributed by atoms with Crippen molar-refractivity contribution in [1.29, 1.82) is 0 Å². The van der Waals surface area contributed by atoms with Crippen molar-refractivity contribution in [3.05, 3.63) is 65.5 Å². The van der Waals surface area contributed by atoms with E-state index in [4.69, 9.17) is 0 Å². The monoisotopic (exact) mass is 373 g/mol. The van der Waals surface area contributed by atoms with Gasteiger partial charge in [-0.2, -0.15) is 4.37 Å². The number of aryl methyl sites for hydroxylation is 1. The summed E-state index contributed by atoms with van der Waals surface area (Å²) in [5, 5.41) is 2.81. The molecule has 0 saturated carbocycles. The molecule has 0 atom stereocenters. The van der Waals surface area contributed by atoms with Crippen LogP contribution in [-0.2, 0) is 11.3 Å². The van der Waals surface area contributed by atoms with E-state index >= 15 is 0 Å². The third-order valence-corrected chi connectivity index (χ3v) is 5.36. The number of carbonyl (C=O) groups excluding carboxylic acids is 1. The zero-order chi connectivity index (χ0) is 17.6. The normalized spacial score (nSPS) is 10.6. The maximum atomic E-state index is 12.8. The Morgan fingerprint density at radius 1 is 1.20 bits per heavy atom. The number of halogens is 1. The SMILES string of the molecule is Cc1ccccc1-c1nsc(SCC(=O)NCc2ccc(F)cc2)n1. The number of rotatable bonds is 6. The van der Waals surface area contributed by atoms with Crippen LogP contribution in [-0.4, -0.2) is 21.0 Å². The van der Waals surface area contributed by atoms with Crippen LogP contribution in [0.2, 0.25) is 0 Å². The molecule has 0 aliphatic heterocycles. The van der Waals surface area contributed by atoms with Gasteiger partial charge in [-0.05, 0) is 41.7 Å². The van der Waals surface area contributed by atoms with E-state index in [1.54, 1.807) is 12.1 Å². The second kappa shape index (κ2) is 8.22. The number of benzene rings is 2. The number of thioether (sulfide) groups is 1. The number of hydrogen-bond donors (Lipinski definition) is 1. The molecule has 1 N–H and O–H groups in total. The lowest BCUT2D eigenvalue weighted by Gasteiger charge is -2.04. The quantitative estimate of drug-likeness (QED) is 0.662. The van der Waals surface area contributed by atoms with E-state index in [0.29, 0.717) is 12.4 Å². The minimum atomic E-state index is -0.286. The van der Waals surface area contributed by atoms with Crippen LogP contribution in [0.1, 0.15) is 11.1 Å². The van der Waals surface area contributed by atoms with E-state index in [1.165, 1.54) is 35.4 Å². The molecule has 3 rings (SSSR count). The van der Waals surface area contributed by atoms with Crippen molar-refractivity contribution in [2.45, 2.75) is 17.8 Å². The summed E-state index contributed by atoms with van der Waals surface area (Å²) in [7, 11) is 0. The molecular formula is C18H16FN3OS2. The molecule has 0 aliphatic carbocycles. The summed E-state index contributed by atoms with van der Waals surface area (Å²) in [6.45, 7) is 2.40. The Labute approximate surface area is 153 Å². The minimum absolute atomic E-state index is 0.0954. The second-order valence-corrected chi connectivity index (χ2v) is 7.36.